The lowest BCUT2D eigenvalue weighted by Gasteiger charge is -2.13. The average Bonchev–Trinajstić information content (AvgIpc) is 3.04. The van der Waals surface area contributed by atoms with E-state index in [0.717, 1.165) is 43.6 Å². The van der Waals surface area contributed by atoms with Gasteiger partial charge in [0.1, 0.15) is 5.82 Å². The van der Waals surface area contributed by atoms with E-state index in [-0.39, 0.29) is 11.8 Å². The van der Waals surface area contributed by atoms with Gasteiger partial charge in [-0.3, -0.25) is 4.79 Å². The van der Waals surface area contributed by atoms with Gasteiger partial charge in [-0.15, -0.1) is 0 Å². The Morgan fingerprint density at radius 1 is 1.43 bits per heavy atom. The summed E-state index contributed by atoms with van der Waals surface area (Å²) in [7, 11) is 0. The van der Waals surface area contributed by atoms with Crippen LogP contribution in [0.2, 0.25) is 0 Å². The number of fused-ring (bicyclic) bond motifs is 1. The molecule has 2 unspecified atom stereocenters. The van der Waals surface area contributed by atoms with Crippen LogP contribution in [0.4, 0.5) is 0 Å². The first kappa shape index (κ1) is 14.1. The van der Waals surface area contributed by atoms with Crippen molar-refractivity contribution >= 4 is 17.0 Å². The number of hydrogen-bond acceptors (Lipinski definition) is 2. The van der Waals surface area contributed by atoms with Crippen LogP contribution in [0.3, 0.4) is 0 Å². The Bertz CT molecular complexity index is 675. The first-order chi connectivity index (χ1) is 10.1. The first-order valence-electron chi connectivity index (χ1n) is 7.79. The number of benzene rings is 1. The second-order valence-electron chi connectivity index (χ2n) is 6.16. The maximum atomic E-state index is 11.2. The van der Waals surface area contributed by atoms with Crippen molar-refractivity contribution in [3.8, 4) is 0 Å². The van der Waals surface area contributed by atoms with Crippen LogP contribution in [0.5, 0.6) is 0 Å². The van der Waals surface area contributed by atoms with Crippen LogP contribution in [0.15, 0.2) is 18.2 Å². The molecule has 1 fully saturated rings. The fraction of sp³-hybridized carbons (Fsp3) is 0.529. The predicted molar refractivity (Wildman–Crippen MR) is 82.5 cm³/mol. The minimum Gasteiger partial charge on any atom is -0.481 e. The number of carboxylic acids is 1. The van der Waals surface area contributed by atoms with Gasteiger partial charge < -0.3 is 9.67 Å². The van der Waals surface area contributed by atoms with E-state index in [9.17, 15) is 9.90 Å². The van der Waals surface area contributed by atoms with Gasteiger partial charge in [-0.05, 0) is 50.3 Å². The SMILES string of the molecule is CCCn1c(C2CCC(C(=O)O)C2)nc2cc(C)ccc21. The summed E-state index contributed by atoms with van der Waals surface area (Å²) in [5, 5.41) is 9.20. The van der Waals surface area contributed by atoms with E-state index in [1.54, 1.807) is 0 Å². The smallest absolute Gasteiger partial charge is 0.306 e. The summed E-state index contributed by atoms with van der Waals surface area (Å²) in [6.07, 6.45) is 3.49. The van der Waals surface area contributed by atoms with Gasteiger partial charge in [-0.1, -0.05) is 13.0 Å². The molecule has 1 heterocycles. The normalized spacial score (nSPS) is 22.0. The van der Waals surface area contributed by atoms with E-state index >= 15 is 0 Å². The maximum absolute atomic E-state index is 11.2. The predicted octanol–water partition coefficient (Wildman–Crippen LogP) is 3.72. The molecule has 1 saturated carbocycles. The fourth-order valence-electron chi connectivity index (χ4n) is 3.47. The van der Waals surface area contributed by atoms with Gasteiger partial charge in [0.25, 0.3) is 0 Å². The molecule has 4 heteroatoms. The molecule has 112 valence electrons. The topological polar surface area (TPSA) is 55.1 Å². The lowest BCUT2D eigenvalue weighted by Crippen LogP contribution is -2.11. The molecule has 0 bridgehead atoms. The van der Waals surface area contributed by atoms with Crippen molar-refractivity contribution in [1.82, 2.24) is 9.55 Å². The highest BCUT2D eigenvalue weighted by Crippen LogP contribution is 2.39. The molecule has 0 aliphatic heterocycles. The van der Waals surface area contributed by atoms with Crippen LogP contribution in [0.25, 0.3) is 11.0 Å². The Labute approximate surface area is 124 Å². The second-order valence-corrected chi connectivity index (χ2v) is 6.16. The highest BCUT2D eigenvalue weighted by molar-refractivity contribution is 5.77. The van der Waals surface area contributed by atoms with Crippen molar-refractivity contribution in [2.24, 2.45) is 5.92 Å². The van der Waals surface area contributed by atoms with Crippen LogP contribution >= 0.6 is 0 Å². The summed E-state index contributed by atoms with van der Waals surface area (Å²) < 4.78 is 2.30. The van der Waals surface area contributed by atoms with Gasteiger partial charge in [0, 0.05) is 12.5 Å². The van der Waals surface area contributed by atoms with Gasteiger partial charge in [0.05, 0.1) is 17.0 Å². The molecule has 1 aliphatic rings. The lowest BCUT2D eigenvalue weighted by molar-refractivity contribution is -0.141. The molecule has 4 nitrogen and oxygen atoms in total. The number of aliphatic carboxylic acids is 1. The minimum atomic E-state index is -0.661. The van der Waals surface area contributed by atoms with E-state index in [1.807, 2.05) is 0 Å². The Hall–Kier alpha value is -1.84. The molecular formula is C17H22N2O2. The standard InChI is InChI=1S/C17H22N2O2/c1-3-8-19-15-7-4-11(2)9-14(15)18-16(19)12-5-6-13(10-12)17(20)21/h4,7,9,12-13H,3,5-6,8,10H2,1-2H3,(H,20,21). The van der Waals surface area contributed by atoms with Crippen LogP contribution in [-0.4, -0.2) is 20.6 Å². The monoisotopic (exact) mass is 286 g/mol. The fourth-order valence-corrected chi connectivity index (χ4v) is 3.47. The third-order valence-corrected chi connectivity index (χ3v) is 4.53. The summed E-state index contributed by atoms with van der Waals surface area (Å²) in [5.74, 6) is 0.504. The summed E-state index contributed by atoms with van der Waals surface area (Å²) >= 11 is 0. The summed E-state index contributed by atoms with van der Waals surface area (Å²) in [6, 6.07) is 6.38. The van der Waals surface area contributed by atoms with Crippen molar-refractivity contribution in [3.63, 3.8) is 0 Å². The lowest BCUT2D eigenvalue weighted by atomic mass is 10.0. The zero-order chi connectivity index (χ0) is 15.0. The molecule has 2 aromatic rings. The van der Waals surface area contributed by atoms with Crippen molar-refractivity contribution in [3.05, 3.63) is 29.6 Å². The van der Waals surface area contributed by atoms with Crippen LogP contribution in [0, 0.1) is 12.8 Å². The Kier molecular flexibility index (Phi) is 3.70. The summed E-state index contributed by atoms with van der Waals surface area (Å²) in [6.45, 7) is 5.19. The number of carboxylic acid groups (broad SMARTS) is 1. The second kappa shape index (κ2) is 5.51. The van der Waals surface area contributed by atoms with Gasteiger partial charge >= 0.3 is 5.97 Å². The number of hydrogen-bond donors (Lipinski definition) is 1. The summed E-state index contributed by atoms with van der Waals surface area (Å²) in [4.78, 5) is 16.0. The van der Waals surface area contributed by atoms with Gasteiger partial charge in [0.2, 0.25) is 0 Å². The van der Waals surface area contributed by atoms with E-state index in [0.29, 0.717) is 0 Å². The molecule has 3 rings (SSSR count). The molecule has 1 aromatic heterocycles. The molecule has 1 aliphatic carbocycles. The van der Waals surface area contributed by atoms with Crippen LogP contribution < -0.4 is 0 Å². The van der Waals surface area contributed by atoms with Gasteiger partial charge in [-0.2, -0.15) is 0 Å². The zero-order valence-electron chi connectivity index (χ0n) is 12.7. The number of aryl methyl sites for hydroxylation is 2. The molecule has 0 spiro atoms. The highest BCUT2D eigenvalue weighted by atomic mass is 16.4. The molecular weight excluding hydrogens is 264 g/mol. The zero-order valence-corrected chi connectivity index (χ0v) is 12.7. The number of aromatic nitrogens is 2. The molecule has 0 saturated heterocycles. The van der Waals surface area contributed by atoms with Crippen molar-refractivity contribution < 1.29 is 9.90 Å². The van der Waals surface area contributed by atoms with E-state index < -0.39 is 5.97 Å². The number of rotatable bonds is 4. The van der Waals surface area contributed by atoms with Crippen LogP contribution in [0.1, 0.15) is 49.9 Å². The van der Waals surface area contributed by atoms with Gasteiger partial charge in [-0.25, -0.2) is 4.98 Å². The molecule has 21 heavy (non-hydrogen) atoms. The van der Waals surface area contributed by atoms with Crippen molar-refractivity contribution in [2.75, 3.05) is 0 Å². The Morgan fingerprint density at radius 3 is 2.90 bits per heavy atom. The Morgan fingerprint density at radius 2 is 2.24 bits per heavy atom. The van der Waals surface area contributed by atoms with Crippen LogP contribution in [-0.2, 0) is 11.3 Å². The molecule has 1 aromatic carbocycles. The van der Waals surface area contributed by atoms with Crippen molar-refractivity contribution in [1.29, 1.82) is 0 Å². The largest absolute Gasteiger partial charge is 0.481 e. The molecule has 0 radical (unpaired) electrons. The average molecular weight is 286 g/mol. The van der Waals surface area contributed by atoms with E-state index in [2.05, 4.69) is 36.6 Å². The third-order valence-electron chi connectivity index (χ3n) is 4.53. The first-order valence-corrected chi connectivity index (χ1v) is 7.79. The number of carbonyl (C=O) groups is 1. The third kappa shape index (κ3) is 2.55. The number of nitrogens with zero attached hydrogens (tertiary/aromatic N) is 2. The maximum Gasteiger partial charge on any atom is 0.306 e. The van der Waals surface area contributed by atoms with E-state index in [1.165, 1.54) is 11.1 Å². The quantitative estimate of drug-likeness (QED) is 0.932. The summed E-state index contributed by atoms with van der Waals surface area (Å²) in [5.41, 5.74) is 3.43. The minimum absolute atomic E-state index is 0.202. The van der Waals surface area contributed by atoms with E-state index in [4.69, 9.17) is 4.98 Å². The Balaban J connectivity index is 2.01. The van der Waals surface area contributed by atoms with Crippen molar-refractivity contribution in [2.45, 2.75) is 52.0 Å². The molecule has 2 atom stereocenters. The molecule has 0 amide bonds. The highest BCUT2D eigenvalue weighted by Gasteiger charge is 2.33. The van der Waals surface area contributed by atoms with Gasteiger partial charge in [0.15, 0.2) is 0 Å². The number of imidazole rings is 1. The molecule has 1 N–H and O–H groups in total.